The predicted molar refractivity (Wildman–Crippen MR) is 78.0 cm³/mol. The lowest BCUT2D eigenvalue weighted by Crippen LogP contribution is -2.13. The molecule has 0 amide bonds. The lowest BCUT2D eigenvalue weighted by molar-refractivity contribution is -0.385. The van der Waals surface area contributed by atoms with Crippen molar-refractivity contribution in [3.63, 3.8) is 0 Å². The van der Waals surface area contributed by atoms with Crippen molar-refractivity contribution in [1.82, 2.24) is 0 Å². The highest BCUT2D eigenvalue weighted by Crippen LogP contribution is 2.34. The maximum atomic E-state index is 12.5. The number of thiophene rings is 1. The van der Waals surface area contributed by atoms with Crippen molar-refractivity contribution in [2.24, 2.45) is 0 Å². The maximum absolute atomic E-state index is 12.5. The predicted octanol–water partition coefficient (Wildman–Crippen LogP) is 3.78. The van der Waals surface area contributed by atoms with Crippen LogP contribution in [0.2, 0.25) is 0 Å². The summed E-state index contributed by atoms with van der Waals surface area (Å²) in [4.78, 5) is 10.0. The number of hydrogen-bond acceptors (Lipinski definition) is 5. The molecule has 1 N–H and O–H groups in total. The largest absolute Gasteiger partial charge is 0.416 e. The third-order valence-electron chi connectivity index (χ3n) is 2.87. The van der Waals surface area contributed by atoms with Crippen LogP contribution in [0.4, 0.5) is 24.5 Å². The van der Waals surface area contributed by atoms with Crippen molar-refractivity contribution in [2.45, 2.75) is 17.3 Å². The number of nitrogens with zero attached hydrogens (tertiary/aromatic N) is 1. The monoisotopic (exact) mass is 366 g/mol. The number of rotatable bonds is 4. The normalized spacial score (nSPS) is 12.2. The van der Waals surface area contributed by atoms with E-state index in [-0.39, 0.29) is 21.1 Å². The van der Waals surface area contributed by atoms with Crippen LogP contribution >= 0.6 is 11.3 Å². The van der Waals surface area contributed by atoms with Crippen molar-refractivity contribution in [3.05, 3.63) is 50.9 Å². The van der Waals surface area contributed by atoms with E-state index in [1.54, 1.807) is 0 Å². The molecule has 1 heterocycles. The Kier molecular flexibility index (Phi) is 4.35. The van der Waals surface area contributed by atoms with E-state index < -0.39 is 26.7 Å². The van der Waals surface area contributed by atoms with Crippen LogP contribution < -0.4 is 4.72 Å². The summed E-state index contributed by atoms with van der Waals surface area (Å²) in [7, 11) is -4.12. The number of anilines is 1. The number of hydrogen-bond donors (Lipinski definition) is 1. The van der Waals surface area contributed by atoms with Gasteiger partial charge in [0.25, 0.3) is 15.7 Å². The van der Waals surface area contributed by atoms with Crippen molar-refractivity contribution in [1.29, 1.82) is 0 Å². The highest BCUT2D eigenvalue weighted by molar-refractivity contribution is 7.94. The van der Waals surface area contributed by atoms with Crippen LogP contribution in [0.25, 0.3) is 0 Å². The first kappa shape index (κ1) is 17.2. The first-order valence-electron chi connectivity index (χ1n) is 5.95. The Morgan fingerprint density at radius 1 is 1.22 bits per heavy atom. The van der Waals surface area contributed by atoms with Crippen LogP contribution in [0.5, 0.6) is 0 Å². The average Bonchev–Trinajstić information content (AvgIpc) is 2.80. The van der Waals surface area contributed by atoms with Gasteiger partial charge < -0.3 is 0 Å². The Labute approximate surface area is 132 Å². The first-order valence-corrected chi connectivity index (χ1v) is 8.31. The molecule has 124 valence electrons. The highest BCUT2D eigenvalue weighted by atomic mass is 32.2. The lowest BCUT2D eigenvalue weighted by Gasteiger charge is -2.09. The van der Waals surface area contributed by atoms with Crippen molar-refractivity contribution in [2.75, 3.05) is 4.72 Å². The summed E-state index contributed by atoms with van der Waals surface area (Å²) in [6.07, 6.45) is -4.53. The number of nitro groups is 1. The van der Waals surface area contributed by atoms with Gasteiger partial charge in [0.2, 0.25) is 0 Å². The first-order chi connectivity index (χ1) is 10.5. The second kappa shape index (κ2) is 5.81. The molecule has 0 saturated heterocycles. The fourth-order valence-corrected chi connectivity index (χ4v) is 4.35. The van der Waals surface area contributed by atoms with Crippen LogP contribution in [0.1, 0.15) is 11.1 Å². The fourth-order valence-electron chi connectivity index (χ4n) is 1.76. The number of halogens is 3. The van der Waals surface area contributed by atoms with E-state index in [1.807, 2.05) is 0 Å². The van der Waals surface area contributed by atoms with Gasteiger partial charge in [0, 0.05) is 5.69 Å². The SMILES string of the molecule is Cc1c([N+](=O)[O-])csc1S(=O)(=O)Nc1ccc(C(F)(F)F)cc1. The Morgan fingerprint density at radius 3 is 2.22 bits per heavy atom. The van der Waals surface area contributed by atoms with Crippen LogP contribution in [-0.2, 0) is 16.2 Å². The van der Waals surface area contributed by atoms with Gasteiger partial charge >= 0.3 is 6.18 Å². The molecular formula is C12H9F3N2O4S2. The van der Waals surface area contributed by atoms with Crippen molar-refractivity contribution >= 4 is 32.7 Å². The number of benzene rings is 1. The Bertz CT molecular complexity index is 842. The van der Waals surface area contributed by atoms with Gasteiger partial charge in [-0.05, 0) is 31.2 Å². The molecule has 2 aromatic rings. The van der Waals surface area contributed by atoms with Crippen LogP contribution in [-0.4, -0.2) is 13.3 Å². The summed E-state index contributed by atoms with van der Waals surface area (Å²) in [5, 5.41) is 11.8. The number of sulfonamides is 1. The molecular weight excluding hydrogens is 357 g/mol. The summed E-state index contributed by atoms with van der Waals surface area (Å²) in [5.41, 5.74) is -1.35. The van der Waals surface area contributed by atoms with Crippen LogP contribution in [0, 0.1) is 17.0 Å². The topological polar surface area (TPSA) is 89.3 Å². The second-order valence-electron chi connectivity index (χ2n) is 4.47. The standard InChI is InChI=1S/C12H9F3N2O4S2/c1-7-10(17(18)19)6-22-11(7)23(20,21)16-9-4-2-8(3-5-9)12(13,14)15/h2-6,16H,1H3. The van der Waals surface area contributed by atoms with Gasteiger partial charge in [0.05, 0.1) is 21.4 Å². The van der Waals surface area contributed by atoms with E-state index in [2.05, 4.69) is 4.72 Å². The van der Waals surface area contributed by atoms with E-state index >= 15 is 0 Å². The molecule has 11 heteroatoms. The van der Waals surface area contributed by atoms with E-state index in [9.17, 15) is 31.7 Å². The molecule has 0 aliphatic heterocycles. The van der Waals surface area contributed by atoms with Gasteiger partial charge in [0.15, 0.2) is 0 Å². The highest BCUT2D eigenvalue weighted by Gasteiger charge is 2.30. The zero-order valence-electron chi connectivity index (χ0n) is 11.4. The van der Waals surface area contributed by atoms with E-state index in [0.717, 1.165) is 29.6 Å². The van der Waals surface area contributed by atoms with Gasteiger partial charge in [-0.25, -0.2) is 8.42 Å². The molecule has 23 heavy (non-hydrogen) atoms. The third kappa shape index (κ3) is 3.62. The number of alkyl halides is 3. The molecule has 0 unspecified atom stereocenters. The molecule has 0 aliphatic carbocycles. The second-order valence-corrected chi connectivity index (χ2v) is 7.23. The minimum atomic E-state index is -4.53. The third-order valence-corrected chi connectivity index (χ3v) is 5.98. The van der Waals surface area contributed by atoms with E-state index in [1.165, 1.54) is 6.92 Å². The zero-order chi connectivity index (χ0) is 17.4. The van der Waals surface area contributed by atoms with Gasteiger partial charge in [0.1, 0.15) is 4.21 Å². The number of nitrogens with one attached hydrogen (secondary N) is 1. The molecule has 0 fully saturated rings. The van der Waals surface area contributed by atoms with Gasteiger partial charge in [-0.2, -0.15) is 13.2 Å². The Balaban J connectivity index is 2.30. The maximum Gasteiger partial charge on any atom is 0.416 e. The quantitative estimate of drug-likeness (QED) is 0.659. The zero-order valence-corrected chi connectivity index (χ0v) is 13.1. The molecule has 2 rings (SSSR count). The molecule has 0 radical (unpaired) electrons. The molecule has 6 nitrogen and oxygen atoms in total. The minimum absolute atomic E-state index is 0.0283. The smallest absolute Gasteiger partial charge is 0.279 e. The Hall–Kier alpha value is -2.14. The van der Waals surface area contributed by atoms with Crippen molar-refractivity contribution < 1.29 is 26.5 Å². The summed E-state index contributed by atoms with van der Waals surface area (Å²) in [6.45, 7) is 1.29. The summed E-state index contributed by atoms with van der Waals surface area (Å²) in [5.74, 6) is 0. The minimum Gasteiger partial charge on any atom is -0.279 e. The molecule has 0 aliphatic rings. The molecule has 1 aromatic heterocycles. The van der Waals surface area contributed by atoms with Gasteiger partial charge in [-0.15, -0.1) is 11.3 Å². The van der Waals surface area contributed by atoms with E-state index in [0.29, 0.717) is 11.3 Å². The molecule has 0 bridgehead atoms. The summed E-state index contributed by atoms with van der Waals surface area (Å²) >= 11 is 0.666. The molecule has 0 atom stereocenters. The average molecular weight is 366 g/mol. The fraction of sp³-hybridized carbons (Fsp3) is 0.167. The lowest BCUT2D eigenvalue weighted by atomic mass is 10.2. The summed E-state index contributed by atoms with van der Waals surface area (Å²) < 4.78 is 63.6. The van der Waals surface area contributed by atoms with E-state index in [4.69, 9.17) is 0 Å². The van der Waals surface area contributed by atoms with Crippen molar-refractivity contribution in [3.8, 4) is 0 Å². The molecule has 0 spiro atoms. The van der Waals surface area contributed by atoms with Gasteiger partial charge in [-0.3, -0.25) is 14.8 Å². The Morgan fingerprint density at radius 2 is 1.78 bits per heavy atom. The molecule has 0 saturated carbocycles. The van der Waals surface area contributed by atoms with Gasteiger partial charge in [-0.1, -0.05) is 0 Å². The summed E-state index contributed by atoms with van der Waals surface area (Å²) in [6, 6.07) is 3.42. The molecule has 1 aromatic carbocycles. The van der Waals surface area contributed by atoms with Crippen LogP contribution in [0.15, 0.2) is 33.9 Å². The van der Waals surface area contributed by atoms with Crippen LogP contribution in [0.3, 0.4) is 0 Å².